The second-order valence-corrected chi connectivity index (χ2v) is 7.18. The van der Waals surface area contributed by atoms with Crippen LogP contribution in [0.3, 0.4) is 0 Å². The van der Waals surface area contributed by atoms with Gasteiger partial charge in [-0.3, -0.25) is 9.59 Å². The van der Waals surface area contributed by atoms with Crippen LogP contribution in [0.5, 0.6) is 0 Å². The molecule has 4 nitrogen and oxygen atoms in total. The van der Waals surface area contributed by atoms with Crippen molar-refractivity contribution in [1.29, 1.82) is 0 Å². The van der Waals surface area contributed by atoms with Crippen LogP contribution in [0.2, 0.25) is 0 Å². The first-order valence-corrected chi connectivity index (χ1v) is 8.10. The van der Waals surface area contributed by atoms with E-state index in [1.807, 2.05) is 18.7 Å². The molecule has 20 heavy (non-hydrogen) atoms. The summed E-state index contributed by atoms with van der Waals surface area (Å²) < 4.78 is 0. The van der Waals surface area contributed by atoms with Gasteiger partial charge >= 0.3 is 0 Å². The number of hydrogen-bond acceptors (Lipinski definition) is 2. The van der Waals surface area contributed by atoms with Crippen molar-refractivity contribution < 1.29 is 9.59 Å². The van der Waals surface area contributed by atoms with Gasteiger partial charge in [0.25, 0.3) is 0 Å². The molecule has 2 aliphatic carbocycles. The molecular weight excluding hydrogens is 252 g/mol. The number of rotatable bonds is 2. The predicted molar refractivity (Wildman–Crippen MR) is 77.0 cm³/mol. The summed E-state index contributed by atoms with van der Waals surface area (Å²) in [6, 6.07) is -0.0738. The molecule has 3 fully saturated rings. The average molecular weight is 278 g/mol. The molecule has 2 saturated carbocycles. The van der Waals surface area contributed by atoms with Crippen molar-refractivity contribution >= 4 is 11.8 Å². The number of nitrogens with one attached hydrogen (secondary N) is 1. The molecule has 3 aliphatic rings. The Kier molecular flexibility index (Phi) is 3.30. The number of hydrogen-bond donors (Lipinski definition) is 1. The van der Waals surface area contributed by atoms with Crippen LogP contribution in [0.25, 0.3) is 0 Å². The molecule has 0 aromatic heterocycles. The normalized spacial score (nSPS) is 42.5. The van der Waals surface area contributed by atoms with Gasteiger partial charge in [0.2, 0.25) is 11.8 Å². The van der Waals surface area contributed by atoms with Gasteiger partial charge in [-0.2, -0.15) is 0 Å². The lowest BCUT2D eigenvalue weighted by Gasteiger charge is -2.49. The minimum absolute atomic E-state index is 0.0248. The zero-order valence-corrected chi connectivity index (χ0v) is 12.8. The van der Waals surface area contributed by atoms with E-state index < -0.39 is 5.54 Å². The van der Waals surface area contributed by atoms with Crippen molar-refractivity contribution in [1.82, 2.24) is 10.2 Å². The smallest absolute Gasteiger partial charge is 0.249 e. The average Bonchev–Trinajstić information content (AvgIpc) is 3.24. The molecule has 112 valence electrons. The van der Waals surface area contributed by atoms with Gasteiger partial charge in [-0.05, 0) is 51.4 Å². The number of amides is 2. The van der Waals surface area contributed by atoms with E-state index in [9.17, 15) is 9.59 Å². The number of piperazine rings is 1. The van der Waals surface area contributed by atoms with Crippen LogP contribution in [0.15, 0.2) is 0 Å². The van der Waals surface area contributed by atoms with Crippen LogP contribution in [0.4, 0.5) is 0 Å². The van der Waals surface area contributed by atoms with Crippen LogP contribution in [-0.4, -0.2) is 34.3 Å². The maximum atomic E-state index is 13.0. The molecule has 2 amide bonds. The Hall–Kier alpha value is -1.06. The minimum Gasteiger partial charge on any atom is -0.340 e. The molecule has 0 aromatic rings. The van der Waals surface area contributed by atoms with E-state index in [-0.39, 0.29) is 23.9 Å². The zero-order chi connectivity index (χ0) is 14.5. The molecule has 1 heterocycles. The molecule has 1 aliphatic heterocycles. The first-order chi connectivity index (χ1) is 9.45. The molecule has 0 aromatic carbocycles. The summed E-state index contributed by atoms with van der Waals surface area (Å²) in [6.07, 6.45) is 6.76. The first kappa shape index (κ1) is 13.9. The fourth-order valence-electron chi connectivity index (χ4n) is 4.07. The molecule has 1 N–H and O–H groups in total. The van der Waals surface area contributed by atoms with E-state index in [0.29, 0.717) is 11.8 Å². The van der Waals surface area contributed by atoms with Gasteiger partial charge < -0.3 is 10.2 Å². The maximum absolute atomic E-state index is 13.0. The highest BCUT2D eigenvalue weighted by Gasteiger charge is 2.56. The van der Waals surface area contributed by atoms with Gasteiger partial charge in [0.05, 0.1) is 0 Å². The second kappa shape index (κ2) is 4.74. The number of carbonyl (C=O) groups is 2. The Bertz CT molecular complexity index is 432. The Morgan fingerprint density at radius 3 is 2.35 bits per heavy atom. The highest BCUT2D eigenvalue weighted by atomic mass is 16.2. The standard InChI is InChI=1S/C16H26N2O2/c1-10-6-4-5-7-13(10)18-11(2)14(19)17-16(3,15(18)20)12-8-9-12/h10-13H,4-9H2,1-3H3,(H,17,19). The summed E-state index contributed by atoms with van der Waals surface area (Å²) in [6.45, 7) is 6.03. The summed E-state index contributed by atoms with van der Waals surface area (Å²) >= 11 is 0. The Morgan fingerprint density at radius 1 is 1.10 bits per heavy atom. The van der Waals surface area contributed by atoms with Crippen molar-refractivity contribution in [2.75, 3.05) is 0 Å². The molecule has 3 rings (SSSR count). The maximum Gasteiger partial charge on any atom is 0.249 e. The highest BCUT2D eigenvalue weighted by Crippen LogP contribution is 2.43. The Labute approximate surface area is 121 Å². The number of carbonyl (C=O) groups excluding carboxylic acids is 2. The van der Waals surface area contributed by atoms with Crippen LogP contribution >= 0.6 is 0 Å². The quantitative estimate of drug-likeness (QED) is 0.840. The van der Waals surface area contributed by atoms with E-state index >= 15 is 0 Å². The fourth-order valence-corrected chi connectivity index (χ4v) is 4.07. The third-order valence-electron chi connectivity index (χ3n) is 5.68. The first-order valence-electron chi connectivity index (χ1n) is 8.10. The highest BCUT2D eigenvalue weighted by molar-refractivity contribution is 6.00. The van der Waals surface area contributed by atoms with E-state index in [1.165, 1.54) is 19.3 Å². The molecule has 4 heteroatoms. The van der Waals surface area contributed by atoms with Gasteiger partial charge in [0.15, 0.2) is 0 Å². The molecule has 0 spiro atoms. The van der Waals surface area contributed by atoms with Gasteiger partial charge in [-0.15, -0.1) is 0 Å². The SMILES string of the molecule is CC1CCCCC1N1C(=O)C(C)(C2CC2)NC(=O)C1C. The number of nitrogens with zero attached hydrogens (tertiary/aromatic N) is 1. The molecule has 1 saturated heterocycles. The summed E-state index contributed by atoms with van der Waals surface area (Å²) in [5, 5.41) is 3.01. The van der Waals surface area contributed by atoms with Crippen LogP contribution in [0, 0.1) is 11.8 Å². The predicted octanol–water partition coefficient (Wildman–Crippen LogP) is 2.08. The second-order valence-electron chi connectivity index (χ2n) is 7.18. The molecular formula is C16H26N2O2. The summed E-state index contributed by atoms with van der Waals surface area (Å²) in [4.78, 5) is 27.3. The largest absolute Gasteiger partial charge is 0.340 e. The zero-order valence-electron chi connectivity index (χ0n) is 12.8. The van der Waals surface area contributed by atoms with Crippen LogP contribution in [-0.2, 0) is 9.59 Å². The van der Waals surface area contributed by atoms with E-state index in [1.54, 1.807) is 0 Å². The summed E-state index contributed by atoms with van der Waals surface area (Å²) in [7, 11) is 0. The lowest BCUT2D eigenvalue weighted by atomic mass is 9.81. The lowest BCUT2D eigenvalue weighted by Crippen LogP contribution is -2.72. The van der Waals surface area contributed by atoms with Crippen molar-refractivity contribution in [2.45, 2.75) is 76.9 Å². The monoisotopic (exact) mass is 278 g/mol. The minimum atomic E-state index is -0.652. The fraction of sp³-hybridized carbons (Fsp3) is 0.875. The van der Waals surface area contributed by atoms with Crippen LogP contribution < -0.4 is 5.32 Å². The Morgan fingerprint density at radius 2 is 1.75 bits per heavy atom. The molecule has 0 radical (unpaired) electrons. The van der Waals surface area contributed by atoms with E-state index in [4.69, 9.17) is 0 Å². The molecule has 4 atom stereocenters. The third kappa shape index (κ3) is 2.04. The molecule has 0 bridgehead atoms. The van der Waals surface area contributed by atoms with E-state index in [2.05, 4.69) is 12.2 Å². The van der Waals surface area contributed by atoms with Crippen LogP contribution in [0.1, 0.15) is 59.3 Å². The van der Waals surface area contributed by atoms with Gasteiger partial charge in [-0.25, -0.2) is 0 Å². The topological polar surface area (TPSA) is 49.4 Å². The summed E-state index contributed by atoms with van der Waals surface area (Å²) in [5.41, 5.74) is -0.652. The van der Waals surface area contributed by atoms with Gasteiger partial charge in [-0.1, -0.05) is 19.8 Å². The third-order valence-corrected chi connectivity index (χ3v) is 5.68. The Balaban J connectivity index is 1.90. The van der Waals surface area contributed by atoms with Crippen molar-refractivity contribution in [3.63, 3.8) is 0 Å². The van der Waals surface area contributed by atoms with Crippen molar-refractivity contribution in [2.24, 2.45) is 11.8 Å². The van der Waals surface area contributed by atoms with Crippen molar-refractivity contribution in [3.8, 4) is 0 Å². The summed E-state index contributed by atoms with van der Waals surface area (Å²) in [5.74, 6) is 1.03. The van der Waals surface area contributed by atoms with Crippen molar-refractivity contribution in [3.05, 3.63) is 0 Å². The van der Waals surface area contributed by atoms with Gasteiger partial charge in [0.1, 0.15) is 11.6 Å². The van der Waals surface area contributed by atoms with E-state index in [0.717, 1.165) is 19.3 Å². The molecule has 4 unspecified atom stereocenters. The van der Waals surface area contributed by atoms with Gasteiger partial charge in [0, 0.05) is 6.04 Å². The lowest BCUT2D eigenvalue weighted by molar-refractivity contribution is -0.159.